The molecule has 0 atom stereocenters. The second kappa shape index (κ2) is 7.89. The van der Waals surface area contributed by atoms with E-state index >= 15 is 0 Å². The smallest absolute Gasteiger partial charge is 0.270 e. The second-order valence-electron chi connectivity index (χ2n) is 5.59. The maximum absolute atomic E-state index is 12.9. The zero-order valence-electron chi connectivity index (χ0n) is 14.2. The van der Waals surface area contributed by atoms with Gasteiger partial charge in [0.1, 0.15) is 5.57 Å². The summed E-state index contributed by atoms with van der Waals surface area (Å²) in [5.41, 5.74) is 1.01. The summed E-state index contributed by atoms with van der Waals surface area (Å²) in [5.74, 6) is -0.853. The number of halogens is 1. The van der Waals surface area contributed by atoms with Crippen molar-refractivity contribution >= 4 is 56.8 Å². The molecule has 0 radical (unpaired) electrons. The van der Waals surface area contributed by atoms with Crippen molar-refractivity contribution in [2.24, 2.45) is 0 Å². The molecule has 1 heterocycles. The zero-order valence-corrected chi connectivity index (χ0v) is 16.6. The van der Waals surface area contributed by atoms with Crippen LogP contribution in [0.15, 0.2) is 52.5 Å². The van der Waals surface area contributed by atoms with Gasteiger partial charge in [-0.05, 0) is 67.2 Å². The van der Waals surface area contributed by atoms with Gasteiger partial charge in [-0.2, -0.15) is 0 Å². The van der Waals surface area contributed by atoms with Gasteiger partial charge in [0.05, 0.1) is 12.3 Å². The maximum Gasteiger partial charge on any atom is 0.270 e. The molecular formula is C19H15BrN2O4S. The summed E-state index contributed by atoms with van der Waals surface area (Å²) in [6.07, 6.45) is 1.44. The average molecular weight is 447 g/mol. The Bertz CT molecular complexity index is 957. The first-order valence-electron chi connectivity index (χ1n) is 8.03. The van der Waals surface area contributed by atoms with Crippen LogP contribution in [-0.2, 0) is 9.59 Å². The Morgan fingerprint density at radius 2 is 1.93 bits per heavy atom. The summed E-state index contributed by atoms with van der Waals surface area (Å²) in [6.45, 7) is 2.17. The fraction of sp³-hybridized carbons (Fsp3) is 0.105. The first-order valence-corrected chi connectivity index (χ1v) is 9.23. The molecule has 1 aliphatic heterocycles. The highest BCUT2D eigenvalue weighted by molar-refractivity contribution is 9.10. The zero-order chi connectivity index (χ0) is 19.6. The number of carbonyl (C=O) groups is 2. The van der Waals surface area contributed by atoms with E-state index in [4.69, 9.17) is 17.0 Å². The number of carbonyl (C=O) groups excluding carboxylic acids is 2. The summed E-state index contributed by atoms with van der Waals surface area (Å²) in [4.78, 5) is 26.5. The molecule has 8 heteroatoms. The minimum atomic E-state index is -0.579. The fourth-order valence-electron chi connectivity index (χ4n) is 2.54. The molecule has 0 bridgehead atoms. The van der Waals surface area contributed by atoms with E-state index in [0.29, 0.717) is 17.9 Å². The molecule has 2 N–H and O–H groups in total. The Morgan fingerprint density at radius 3 is 2.59 bits per heavy atom. The van der Waals surface area contributed by atoms with Gasteiger partial charge in [0, 0.05) is 4.47 Å². The molecule has 3 rings (SSSR count). The maximum atomic E-state index is 12.9. The van der Waals surface area contributed by atoms with Crippen LogP contribution in [0.5, 0.6) is 11.5 Å². The third-order valence-corrected chi connectivity index (χ3v) is 4.59. The first-order chi connectivity index (χ1) is 12.9. The standard InChI is InChI=1S/C19H15BrN2O4S/c1-2-26-16-10-11(3-8-15(16)23)9-14-17(24)21-19(27)22(18(14)25)13-6-4-12(20)5-7-13/h3-10,23H,2H2,1H3,(H,21,24,27). The van der Waals surface area contributed by atoms with Crippen molar-refractivity contribution < 1.29 is 19.4 Å². The van der Waals surface area contributed by atoms with E-state index in [9.17, 15) is 14.7 Å². The van der Waals surface area contributed by atoms with Crippen LogP contribution in [0.1, 0.15) is 12.5 Å². The molecule has 1 fully saturated rings. The Balaban J connectivity index is 1.99. The van der Waals surface area contributed by atoms with Gasteiger partial charge in [-0.25, -0.2) is 0 Å². The van der Waals surface area contributed by atoms with E-state index < -0.39 is 11.8 Å². The van der Waals surface area contributed by atoms with Crippen molar-refractivity contribution in [2.45, 2.75) is 6.92 Å². The van der Waals surface area contributed by atoms with Crippen molar-refractivity contribution in [3.05, 3.63) is 58.1 Å². The van der Waals surface area contributed by atoms with Gasteiger partial charge >= 0.3 is 0 Å². The van der Waals surface area contributed by atoms with E-state index in [1.165, 1.54) is 17.0 Å². The van der Waals surface area contributed by atoms with Gasteiger partial charge in [0.2, 0.25) is 0 Å². The van der Waals surface area contributed by atoms with Crippen LogP contribution in [0.3, 0.4) is 0 Å². The molecule has 27 heavy (non-hydrogen) atoms. The Kier molecular flexibility index (Phi) is 5.57. The SMILES string of the molecule is CCOc1cc(C=C2C(=O)NC(=S)N(c3ccc(Br)cc3)C2=O)ccc1O. The lowest BCUT2D eigenvalue weighted by Crippen LogP contribution is -2.54. The molecule has 0 unspecified atom stereocenters. The molecule has 0 aromatic heterocycles. The van der Waals surface area contributed by atoms with Crippen molar-refractivity contribution in [1.82, 2.24) is 5.32 Å². The van der Waals surface area contributed by atoms with Gasteiger partial charge in [-0.1, -0.05) is 22.0 Å². The predicted molar refractivity (Wildman–Crippen MR) is 110 cm³/mol. The molecule has 2 aromatic carbocycles. The topological polar surface area (TPSA) is 78.9 Å². The number of nitrogens with one attached hydrogen (secondary N) is 1. The third kappa shape index (κ3) is 4.01. The second-order valence-corrected chi connectivity index (χ2v) is 6.90. The van der Waals surface area contributed by atoms with Crippen LogP contribution in [0.25, 0.3) is 6.08 Å². The lowest BCUT2D eigenvalue weighted by Gasteiger charge is -2.29. The normalized spacial score (nSPS) is 15.9. The molecule has 0 saturated carbocycles. The number of amides is 2. The largest absolute Gasteiger partial charge is 0.504 e. The molecule has 0 aliphatic carbocycles. The Morgan fingerprint density at radius 1 is 1.22 bits per heavy atom. The van der Waals surface area contributed by atoms with E-state index in [0.717, 1.165) is 4.47 Å². The van der Waals surface area contributed by atoms with Crippen LogP contribution in [0.4, 0.5) is 5.69 Å². The number of ether oxygens (including phenoxy) is 1. The van der Waals surface area contributed by atoms with Gasteiger partial charge in [0.15, 0.2) is 16.6 Å². The van der Waals surface area contributed by atoms with E-state index in [2.05, 4.69) is 21.2 Å². The molecule has 2 aromatic rings. The minimum Gasteiger partial charge on any atom is -0.504 e. The molecule has 138 valence electrons. The predicted octanol–water partition coefficient (Wildman–Crippen LogP) is 3.38. The summed E-state index contributed by atoms with van der Waals surface area (Å²) < 4.78 is 6.19. The first kappa shape index (κ1) is 19.1. The van der Waals surface area contributed by atoms with Crippen molar-refractivity contribution in [2.75, 3.05) is 11.5 Å². The molecule has 0 spiro atoms. The van der Waals surface area contributed by atoms with Gasteiger partial charge < -0.3 is 9.84 Å². The van der Waals surface area contributed by atoms with Crippen LogP contribution in [-0.4, -0.2) is 28.6 Å². The monoisotopic (exact) mass is 446 g/mol. The number of rotatable bonds is 4. The van der Waals surface area contributed by atoms with Gasteiger partial charge in [-0.15, -0.1) is 0 Å². The number of aromatic hydroxyl groups is 1. The van der Waals surface area contributed by atoms with E-state index in [1.54, 1.807) is 43.3 Å². The van der Waals surface area contributed by atoms with Crippen LogP contribution < -0.4 is 15.0 Å². The Hall–Kier alpha value is -2.71. The summed E-state index contributed by atoms with van der Waals surface area (Å²) in [7, 11) is 0. The van der Waals surface area contributed by atoms with Gasteiger partial charge in [0.25, 0.3) is 11.8 Å². The summed E-state index contributed by atoms with van der Waals surface area (Å²) >= 11 is 8.51. The summed E-state index contributed by atoms with van der Waals surface area (Å²) in [5, 5.41) is 12.4. The number of phenolic OH excluding ortho intramolecular Hbond substituents is 1. The number of phenols is 1. The number of thiocarbonyl (C=S) groups is 1. The number of anilines is 1. The average Bonchev–Trinajstić information content (AvgIpc) is 2.63. The number of hydrogen-bond donors (Lipinski definition) is 2. The number of hydrogen-bond acceptors (Lipinski definition) is 5. The number of nitrogens with zero attached hydrogens (tertiary/aromatic N) is 1. The third-order valence-electron chi connectivity index (χ3n) is 3.78. The molecule has 2 amide bonds. The van der Waals surface area contributed by atoms with E-state index in [-0.39, 0.29) is 22.2 Å². The lowest BCUT2D eigenvalue weighted by atomic mass is 10.1. The quantitative estimate of drug-likeness (QED) is 0.427. The van der Waals surface area contributed by atoms with Crippen LogP contribution in [0, 0.1) is 0 Å². The highest BCUT2D eigenvalue weighted by Gasteiger charge is 2.34. The summed E-state index contributed by atoms with van der Waals surface area (Å²) in [6, 6.07) is 11.6. The number of benzene rings is 2. The van der Waals surface area contributed by atoms with Crippen LogP contribution >= 0.6 is 28.1 Å². The Labute approximate surface area is 169 Å². The lowest BCUT2D eigenvalue weighted by molar-refractivity contribution is -0.122. The van der Waals surface area contributed by atoms with Crippen molar-refractivity contribution in [3.8, 4) is 11.5 Å². The molecule has 1 saturated heterocycles. The van der Waals surface area contributed by atoms with Crippen molar-refractivity contribution in [3.63, 3.8) is 0 Å². The van der Waals surface area contributed by atoms with Crippen molar-refractivity contribution in [1.29, 1.82) is 0 Å². The van der Waals surface area contributed by atoms with E-state index in [1.807, 2.05) is 0 Å². The molecule has 1 aliphatic rings. The van der Waals surface area contributed by atoms with Crippen LogP contribution in [0.2, 0.25) is 0 Å². The minimum absolute atomic E-state index is 0.0175. The fourth-order valence-corrected chi connectivity index (χ4v) is 3.09. The van der Waals surface area contributed by atoms with Gasteiger partial charge in [-0.3, -0.25) is 19.8 Å². The molecule has 6 nitrogen and oxygen atoms in total. The molecular weight excluding hydrogens is 432 g/mol. The highest BCUT2D eigenvalue weighted by atomic mass is 79.9. The highest BCUT2D eigenvalue weighted by Crippen LogP contribution is 2.29.